The van der Waals surface area contributed by atoms with E-state index >= 15 is 0 Å². The number of nitrogen functional groups attached to an aromatic ring is 1. The van der Waals surface area contributed by atoms with E-state index in [0.29, 0.717) is 46.6 Å². The van der Waals surface area contributed by atoms with Gasteiger partial charge in [-0.25, -0.2) is 19.3 Å². The number of carbonyl (C=O) groups is 1. The molecule has 0 spiro atoms. The second-order valence-corrected chi connectivity index (χ2v) is 7.31. The molecule has 1 unspecified atom stereocenters. The molecule has 0 fully saturated rings. The zero-order valence-electron chi connectivity index (χ0n) is 18.2. The van der Waals surface area contributed by atoms with E-state index in [0.717, 1.165) is 0 Å². The first-order valence-electron chi connectivity index (χ1n) is 10.1. The molecule has 32 heavy (non-hydrogen) atoms. The van der Waals surface area contributed by atoms with Gasteiger partial charge in [0.1, 0.15) is 5.82 Å². The number of halogens is 1. The minimum Gasteiger partial charge on any atom is -0.480 e. The average Bonchev–Trinajstić information content (AvgIpc) is 2.77. The number of fused-ring (bicyclic) bond motifs is 1. The highest BCUT2D eigenvalue weighted by Gasteiger charge is 2.36. The molecule has 3 heterocycles. The van der Waals surface area contributed by atoms with Gasteiger partial charge in [0.2, 0.25) is 11.8 Å². The Morgan fingerprint density at radius 1 is 1.19 bits per heavy atom. The first kappa shape index (κ1) is 21.4. The summed E-state index contributed by atoms with van der Waals surface area (Å²) < 4.78 is 24.8. The zero-order valence-corrected chi connectivity index (χ0v) is 18.2. The highest BCUT2D eigenvalue weighted by molar-refractivity contribution is 5.98. The van der Waals surface area contributed by atoms with Gasteiger partial charge in [-0.3, -0.25) is 4.79 Å². The van der Waals surface area contributed by atoms with Crippen molar-refractivity contribution < 1.29 is 18.7 Å². The Kier molecular flexibility index (Phi) is 5.60. The van der Waals surface area contributed by atoms with Crippen LogP contribution < -0.4 is 15.2 Å². The van der Waals surface area contributed by atoms with E-state index < -0.39 is 11.9 Å². The van der Waals surface area contributed by atoms with Crippen LogP contribution in [0.4, 0.5) is 10.3 Å². The number of amides is 1. The van der Waals surface area contributed by atoms with Crippen molar-refractivity contribution in [3.05, 3.63) is 52.7 Å². The number of hydrogen-bond acceptors (Lipinski definition) is 8. The first-order chi connectivity index (χ1) is 15.4. The van der Waals surface area contributed by atoms with Gasteiger partial charge < -0.3 is 20.1 Å². The first-order valence-corrected chi connectivity index (χ1v) is 10.1. The molecule has 166 valence electrons. The van der Waals surface area contributed by atoms with Gasteiger partial charge >= 0.3 is 6.01 Å². The number of aryl methyl sites for hydroxylation is 1. The third kappa shape index (κ3) is 3.57. The van der Waals surface area contributed by atoms with E-state index in [1.165, 1.54) is 32.5 Å². The second kappa shape index (κ2) is 8.37. The Labute approximate surface area is 184 Å². The lowest BCUT2D eigenvalue weighted by Gasteiger charge is -2.37. The summed E-state index contributed by atoms with van der Waals surface area (Å²) in [4.78, 5) is 31.9. The molecule has 0 radical (unpaired) electrons. The quantitative estimate of drug-likeness (QED) is 0.646. The fraction of sp³-hybridized carbons (Fsp3) is 0.318. The van der Waals surface area contributed by atoms with E-state index in [4.69, 9.17) is 15.2 Å². The van der Waals surface area contributed by atoms with Crippen LogP contribution in [0.1, 0.15) is 40.3 Å². The van der Waals surface area contributed by atoms with Gasteiger partial charge in [0.25, 0.3) is 5.91 Å². The molecule has 10 heteroatoms. The summed E-state index contributed by atoms with van der Waals surface area (Å²) in [5, 5.41) is 0. The van der Waals surface area contributed by atoms with Crippen molar-refractivity contribution in [3.8, 4) is 23.0 Å². The highest BCUT2D eigenvalue weighted by Crippen LogP contribution is 2.40. The Balaban J connectivity index is 1.90. The smallest absolute Gasteiger partial charge is 0.319 e. The van der Waals surface area contributed by atoms with Crippen LogP contribution in [0.15, 0.2) is 24.4 Å². The van der Waals surface area contributed by atoms with Crippen molar-refractivity contribution in [2.75, 3.05) is 26.5 Å². The minimum absolute atomic E-state index is 0.113. The number of nitrogens with zero attached hydrogens (tertiary/aromatic N) is 5. The standard InChI is InChI=1S/C22H23FN6O3/c1-5-29-17(9-16-18(20(29)30)11(2)26-21(24)27-16)13-7-6-12(23)8-14(13)15-10-25-22(32-4)28-19(15)31-3/h6-8,10,17H,5,9H2,1-4H3,(H2,24,26,27). The Morgan fingerprint density at radius 2 is 1.97 bits per heavy atom. The number of anilines is 1. The van der Waals surface area contributed by atoms with Crippen molar-refractivity contribution in [2.45, 2.75) is 26.3 Å². The van der Waals surface area contributed by atoms with Crippen molar-refractivity contribution in [1.82, 2.24) is 24.8 Å². The molecular formula is C22H23FN6O3. The van der Waals surface area contributed by atoms with Crippen LogP contribution in [0.5, 0.6) is 11.9 Å². The molecule has 1 atom stereocenters. The summed E-state index contributed by atoms with van der Waals surface area (Å²) in [5.74, 6) is -0.280. The summed E-state index contributed by atoms with van der Waals surface area (Å²) in [6.07, 6.45) is 1.92. The number of rotatable bonds is 5. The molecule has 0 aliphatic carbocycles. The third-order valence-corrected chi connectivity index (χ3v) is 5.53. The molecule has 2 N–H and O–H groups in total. The van der Waals surface area contributed by atoms with Crippen molar-refractivity contribution in [1.29, 1.82) is 0 Å². The number of aromatic nitrogens is 4. The number of ether oxygens (including phenoxy) is 2. The molecular weight excluding hydrogens is 415 g/mol. The maximum Gasteiger partial charge on any atom is 0.319 e. The maximum atomic E-state index is 14.4. The van der Waals surface area contributed by atoms with Gasteiger partial charge in [0.05, 0.1) is 42.8 Å². The number of hydrogen-bond donors (Lipinski definition) is 1. The van der Waals surface area contributed by atoms with Crippen LogP contribution in [0.3, 0.4) is 0 Å². The van der Waals surface area contributed by atoms with E-state index in [1.54, 1.807) is 17.9 Å². The fourth-order valence-corrected chi connectivity index (χ4v) is 4.14. The lowest BCUT2D eigenvalue weighted by Crippen LogP contribution is -2.41. The predicted octanol–water partition coefficient (Wildman–Crippen LogP) is 2.74. The SMILES string of the molecule is CCN1C(=O)c2c(C)nc(N)nc2CC1c1ccc(F)cc1-c1cnc(OC)nc1OC. The Hall–Kier alpha value is -3.82. The predicted molar refractivity (Wildman–Crippen MR) is 115 cm³/mol. The largest absolute Gasteiger partial charge is 0.480 e. The summed E-state index contributed by atoms with van der Waals surface area (Å²) in [7, 11) is 2.91. The molecule has 1 aliphatic rings. The highest BCUT2D eigenvalue weighted by atomic mass is 19.1. The number of nitrogens with two attached hydrogens (primary N) is 1. The minimum atomic E-state index is -0.436. The summed E-state index contributed by atoms with van der Waals surface area (Å²) in [6, 6.07) is 4.14. The number of benzene rings is 1. The maximum absolute atomic E-state index is 14.4. The van der Waals surface area contributed by atoms with Gasteiger partial charge in [-0.15, -0.1) is 0 Å². The van der Waals surface area contributed by atoms with Gasteiger partial charge in [0, 0.05) is 19.2 Å². The number of methoxy groups -OCH3 is 2. The lowest BCUT2D eigenvalue weighted by atomic mass is 9.87. The number of likely N-dealkylation sites (N-methyl/N-ethyl adjacent to an activating group) is 1. The number of carbonyl (C=O) groups excluding carboxylic acids is 1. The Morgan fingerprint density at radius 3 is 2.66 bits per heavy atom. The zero-order chi connectivity index (χ0) is 23.0. The molecule has 0 saturated carbocycles. The van der Waals surface area contributed by atoms with Gasteiger partial charge in [-0.05, 0) is 37.1 Å². The normalized spacial score (nSPS) is 15.5. The van der Waals surface area contributed by atoms with Crippen LogP contribution >= 0.6 is 0 Å². The summed E-state index contributed by atoms with van der Waals surface area (Å²) in [5.41, 5.74) is 9.14. The second-order valence-electron chi connectivity index (χ2n) is 7.31. The van der Waals surface area contributed by atoms with Crippen LogP contribution in [-0.2, 0) is 6.42 Å². The van der Waals surface area contributed by atoms with E-state index in [1.807, 2.05) is 6.92 Å². The lowest BCUT2D eigenvalue weighted by molar-refractivity contribution is 0.0656. The summed E-state index contributed by atoms with van der Waals surface area (Å²) in [6.45, 7) is 4.08. The van der Waals surface area contributed by atoms with E-state index in [2.05, 4.69) is 19.9 Å². The summed E-state index contributed by atoms with van der Waals surface area (Å²) >= 11 is 0. The van der Waals surface area contributed by atoms with Crippen molar-refractivity contribution in [3.63, 3.8) is 0 Å². The van der Waals surface area contributed by atoms with Gasteiger partial charge in [-0.2, -0.15) is 4.98 Å². The molecule has 1 aliphatic heterocycles. The van der Waals surface area contributed by atoms with Crippen molar-refractivity contribution >= 4 is 11.9 Å². The molecule has 9 nitrogen and oxygen atoms in total. The topological polar surface area (TPSA) is 116 Å². The molecule has 0 saturated heterocycles. The van der Waals surface area contributed by atoms with Crippen LogP contribution in [-0.4, -0.2) is 51.5 Å². The fourth-order valence-electron chi connectivity index (χ4n) is 4.14. The van der Waals surface area contributed by atoms with E-state index in [9.17, 15) is 9.18 Å². The molecule has 1 aromatic carbocycles. The monoisotopic (exact) mass is 438 g/mol. The average molecular weight is 438 g/mol. The third-order valence-electron chi connectivity index (χ3n) is 5.53. The van der Waals surface area contributed by atoms with Crippen molar-refractivity contribution in [2.24, 2.45) is 0 Å². The molecule has 2 aromatic heterocycles. The molecule has 3 aromatic rings. The van der Waals surface area contributed by atoms with Crippen LogP contribution in [0, 0.1) is 12.7 Å². The van der Waals surface area contributed by atoms with Crippen LogP contribution in [0.2, 0.25) is 0 Å². The van der Waals surface area contributed by atoms with Gasteiger partial charge in [0.15, 0.2) is 0 Å². The molecule has 0 bridgehead atoms. The Bertz CT molecular complexity index is 1200. The molecule has 1 amide bonds. The van der Waals surface area contributed by atoms with Crippen LogP contribution in [0.25, 0.3) is 11.1 Å². The van der Waals surface area contributed by atoms with Gasteiger partial charge in [-0.1, -0.05) is 6.07 Å². The van der Waals surface area contributed by atoms with E-state index in [-0.39, 0.29) is 23.7 Å². The molecule has 4 rings (SSSR count).